The number of rotatable bonds is 8. The van der Waals surface area contributed by atoms with E-state index in [-0.39, 0.29) is 5.78 Å². The Balaban J connectivity index is 1.22. The van der Waals surface area contributed by atoms with Crippen molar-refractivity contribution in [3.05, 3.63) is 132 Å². The average Bonchev–Trinajstić information content (AvgIpc) is 3.37. The highest BCUT2D eigenvalue weighted by Crippen LogP contribution is 2.36. The SMILES string of the molecule is CC1(C(=O)c2ccc3ccn(Cc4cccc(OCc5ccc6ccccc6n5)c4)c3c2)C=CC=CC1S(N)(=O)=O. The third-order valence-electron chi connectivity index (χ3n) is 7.60. The van der Waals surface area contributed by atoms with Crippen LogP contribution in [0.2, 0.25) is 0 Å². The molecule has 0 amide bonds. The third kappa shape index (κ3) is 5.31. The number of para-hydroxylation sites is 1. The maximum absolute atomic E-state index is 13.7. The molecule has 0 aliphatic heterocycles. The fourth-order valence-corrected chi connectivity index (χ4v) is 6.60. The summed E-state index contributed by atoms with van der Waals surface area (Å²) in [7, 11) is -3.98. The molecule has 8 heteroatoms. The topological polar surface area (TPSA) is 104 Å². The van der Waals surface area contributed by atoms with Crippen molar-refractivity contribution in [2.75, 3.05) is 0 Å². The van der Waals surface area contributed by atoms with Gasteiger partial charge in [0.1, 0.15) is 17.6 Å². The molecule has 2 unspecified atom stereocenters. The largest absolute Gasteiger partial charge is 0.487 e. The molecule has 41 heavy (non-hydrogen) atoms. The molecule has 0 fully saturated rings. The molecule has 3 aromatic carbocycles. The standard InChI is InChI=1S/C33H29N3O4S/c1-33(17-5-4-11-31(33)41(34,38)39)32(37)26-13-12-25-16-18-36(30(25)20-26)21-23-7-6-9-28(19-23)40-22-27-15-14-24-8-2-3-10-29(24)35-27/h2-20,31H,21-22H2,1H3,(H2,34,38,39). The van der Waals surface area contributed by atoms with E-state index in [9.17, 15) is 13.2 Å². The van der Waals surface area contributed by atoms with Crippen LogP contribution in [0.4, 0.5) is 0 Å². The molecule has 2 heterocycles. The van der Waals surface area contributed by atoms with E-state index in [1.807, 2.05) is 85.1 Å². The van der Waals surface area contributed by atoms with Gasteiger partial charge in [0.15, 0.2) is 5.78 Å². The van der Waals surface area contributed by atoms with Gasteiger partial charge in [-0.25, -0.2) is 18.5 Å². The Kier molecular flexibility index (Phi) is 6.81. The molecular weight excluding hydrogens is 534 g/mol. The van der Waals surface area contributed by atoms with Crippen molar-refractivity contribution in [2.24, 2.45) is 10.6 Å². The van der Waals surface area contributed by atoms with Crippen molar-refractivity contribution in [1.29, 1.82) is 0 Å². The lowest BCUT2D eigenvalue weighted by atomic mass is 9.76. The monoisotopic (exact) mass is 563 g/mol. The second kappa shape index (κ2) is 10.5. The zero-order valence-electron chi connectivity index (χ0n) is 22.5. The first-order valence-electron chi connectivity index (χ1n) is 13.3. The summed E-state index contributed by atoms with van der Waals surface area (Å²) in [6.07, 6.45) is 8.36. The predicted octanol–water partition coefficient (Wildman–Crippen LogP) is 5.79. The first-order chi connectivity index (χ1) is 19.7. The van der Waals surface area contributed by atoms with Gasteiger partial charge in [0.05, 0.1) is 16.6 Å². The Labute approximate surface area is 238 Å². The second-order valence-corrected chi connectivity index (χ2v) is 12.2. The summed E-state index contributed by atoms with van der Waals surface area (Å²) in [6.45, 7) is 2.53. The van der Waals surface area contributed by atoms with Crippen molar-refractivity contribution >= 4 is 37.6 Å². The highest BCUT2D eigenvalue weighted by Gasteiger charge is 2.45. The lowest BCUT2D eigenvalue weighted by Crippen LogP contribution is -2.45. The molecule has 0 spiro atoms. The number of hydrogen-bond acceptors (Lipinski definition) is 5. The Morgan fingerprint density at radius 3 is 2.66 bits per heavy atom. The molecule has 6 rings (SSSR count). The summed E-state index contributed by atoms with van der Waals surface area (Å²) >= 11 is 0. The minimum atomic E-state index is -3.98. The van der Waals surface area contributed by atoms with E-state index >= 15 is 0 Å². The van der Waals surface area contributed by atoms with E-state index in [0.717, 1.165) is 38.8 Å². The van der Waals surface area contributed by atoms with Crippen molar-refractivity contribution < 1.29 is 17.9 Å². The number of ether oxygens (including phenoxy) is 1. The number of allylic oxidation sites excluding steroid dienone is 3. The Morgan fingerprint density at radius 1 is 0.976 bits per heavy atom. The maximum Gasteiger partial charge on any atom is 0.216 e. The minimum absolute atomic E-state index is 0.301. The van der Waals surface area contributed by atoms with Crippen LogP contribution in [0, 0.1) is 5.41 Å². The molecule has 0 radical (unpaired) electrons. The molecule has 0 saturated carbocycles. The van der Waals surface area contributed by atoms with Crippen molar-refractivity contribution in [3.8, 4) is 5.75 Å². The molecule has 1 aliphatic rings. The van der Waals surface area contributed by atoms with E-state index < -0.39 is 20.7 Å². The number of benzene rings is 3. The zero-order chi connectivity index (χ0) is 28.6. The van der Waals surface area contributed by atoms with Crippen LogP contribution < -0.4 is 9.88 Å². The van der Waals surface area contributed by atoms with Crippen LogP contribution in [0.15, 0.2) is 115 Å². The van der Waals surface area contributed by atoms with Crippen LogP contribution >= 0.6 is 0 Å². The van der Waals surface area contributed by atoms with Crippen molar-refractivity contribution in [2.45, 2.75) is 25.3 Å². The number of pyridine rings is 1. The quantitative estimate of drug-likeness (QED) is 0.241. The van der Waals surface area contributed by atoms with Gasteiger partial charge in [-0.15, -0.1) is 0 Å². The molecule has 0 bridgehead atoms. The molecule has 206 valence electrons. The van der Waals surface area contributed by atoms with Crippen LogP contribution in [0.3, 0.4) is 0 Å². The van der Waals surface area contributed by atoms with Crippen LogP contribution in [0.1, 0.15) is 28.5 Å². The lowest BCUT2D eigenvalue weighted by molar-refractivity contribution is 0.0872. The van der Waals surface area contributed by atoms with Gasteiger partial charge in [0.2, 0.25) is 10.0 Å². The maximum atomic E-state index is 13.7. The molecular formula is C33H29N3O4S. The number of aromatic nitrogens is 2. The first kappa shape index (κ1) is 26.7. The van der Waals surface area contributed by atoms with Crippen LogP contribution in [-0.2, 0) is 23.2 Å². The van der Waals surface area contributed by atoms with E-state index in [2.05, 4.69) is 9.55 Å². The number of hydrogen-bond donors (Lipinski definition) is 1. The number of sulfonamides is 1. The fraction of sp³-hybridized carbons (Fsp3) is 0.152. The number of nitrogens with zero attached hydrogens (tertiary/aromatic N) is 2. The van der Waals surface area contributed by atoms with Crippen LogP contribution in [0.25, 0.3) is 21.8 Å². The number of Topliss-reactive ketones (excluding diaryl/α,β-unsaturated/α-hetero) is 1. The highest BCUT2D eigenvalue weighted by molar-refractivity contribution is 7.90. The van der Waals surface area contributed by atoms with Gasteiger partial charge in [-0.1, -0.05) is 72.8 Å². The smallest absolute Gasteiger partial charge is 0.216 e. The molecule has 1 aliphatic carbocycles. The lowest BCUT2D eigenvalue weighted by Gasteiger charge is -2.32. The molecule has 2 aromatic heterocycles. The van der Waals surface area contributed by atoms with Gasteiger partial charge in [-0.05, 0) is 54.3 Å². The molecule has 0 saturated heterocycles. The van der Waals surface area contributed by atoms with E-state index in [1.165, 1.54) is 6.08 Å². The van der Waals surface area contributed by atoms with Gasteiger partial charge in [0, 0.05) is 29.2 Å². The molecule has 2 N–H and O–H groups in total. The Hall–Kier alpha value is -4.53. The number of fused-ring (bicyclic) bond motifs is 2. The molecule has 7 nitrogen and oxygen atoms in total. The van der Waals surface area contributed by atoms with Gasteiger partial charge < -0.3 is 9.30 Å². The van der Waals surface area contributed by atoms with Gasteiger partial charge in [0.25, 0.3) is 0 Å². The normalized spacial score (nSPS) is 18.6. The van der Waals surface area contributed by atoms with E-state index in [4.69, 9.17) is 9.88 Å². The summed E-state index contributed by atoms with van der Waals surface area (Å²) in [4.78, 5) is 18.4. The van der Waals surface area contributed by atoms with Gasteiger partial charge in [-0.2, -0.15) is 0 Å². The number of primary sulfonamides is 1. The average molecular weight is 564 g/mol. The highest BCUT2D eigenvalue weighted by atomic mass is 32.2. The van der Waals surface area contributed by atoms with Crippen molar-refractivity contribution in [3.63, 3.8) is 0 Å². The number of carbonyl (C=O) groups is 1. The van der Waals surface area contributed by atoms with Crippen LogP contribution in [-0.4, -0.2) is 29.0 Å². The van der Waals surface area contributed by atoms with Crippen LogP contribution in [0.5, 0.6) is 5.75 Å². The number of nitrogens with two attached hydrogens (primary N) is 1. The minimum Gasteiger partial charge on any atom is -0.487 e. The summed E-state index contributed by atoms with van der Waals surface area (Å²) in [5.74, 6) is 0.438. The molecule has 2 atom stereocenters. The summed E-state index contributed by atoms with van der Waals surface area (Å²) in [5, 5.41) is 6.42. The van der Waals surface area contributed by atoms with Gasteiger partial charge >= 0.3 is 0 Å². The fourth-order valence-electron chi connectivity index (χ4n) is 5.42. The number of carbonyl (C=O) groups excluding carboxylic acids is 1. The number of ketones is 1. The Morgan fingerprint density at radius 2 is 1.80 bits per heavy atom. The van der Waals surface area contributed by atoms with E-state index in [1.54, 1.807) is 31.2 Å². The first-order valence-corrected chi connectivity index (χ1v) is 14.9. The second-order valence-electron chi connectivity index (χ2n) is 10.5. The summed E-state index contributed by atoms with van der Waals surface area (Å²) in [6, 6.07) is 27.3. The Bertz CT molecular complexity index is 1960. The van der Waals surface area contributed by atoms with Crippen molar-refractivity contribution in [1.82, 2.24) is 9.55 Å². The van der Waals surface area contributed by atoms with Gasteiger partial charge in [-0.3, -0.25) is 4.79 Å². The summed E-state index contributed by atoms with van der Waals surface area (Å²) in [5.41, 5.74) is 2.81. The third-order valence-corrected chi connectivity index (χ3v) is 8.96. The predicted molar refractivity (Wildman–Crippen MR) is 161 cm³/mol. The summed E-state index contributed by atoms with van der Waals surface area (Å²) < 4.78 is 32.7. The zero-order valence-corrected chi connectivity index (χ0v) is 23.3. The van der Waals surface area contributed by atoms with E-state index in [0.29, 0.717) is 18.7 Å². The molecule has 5 aromatic rings.